The molecule has 0 saturated carbocycles. The normalized spacial score (nSPS) is 4.62. The Kier molecular flexibility index (Phi) is 77.4. The van der Waals surface area contributed by atoms with E-state index in [1.54, 1.807) is 0 Å². The van der Waals surface area contributed by atoms with Crippen LogP contribution in [0.4, 0.5) is 0 Å². The molecule has 69 valence electrons. The van der Waals surface area contributed by atoms with Gasteiger partial charge in [0.25, 0.3) is 0 Å². The van der Waals surface area contributed by atoms with Gasteiger partial charge >= 0.3 is 21.1 Å². The van der Waals surface area contributed by atoms with Gasteiger partial charge in [0.15, 0.2) is 0 Å². The van der Waals surface area contributed by atoms with Gasteiger partial charge in [-0.2, -0.15) is 0 Å². The molecule has 4 heteroatoms. The second-order valence-corrected chi connectivity index (χ2v) is 1.15. The number of hydrogen-bond donors (Lipinski definition) is 0. The quantitative estimate of drug-likeness (QED) is 0.395. The molecule has 0 saturated heterocycles. The zero-order chi connectivity index (χ0) is 10.2. The van der Waals surface area contributed by atoms with Crippen molar-refractivity contribution in [3.63, 3.8) is 0 Å². The second kappa shape index (κ2) is 44.4. The van der Waals surface area contributed by atoms with Gasteiger partial charge in [-0.25, -0.2) is 0 Å². The molecule has 3 nitrogen and oxygen atoms in total. The zero-order valence-electron chi connectivity index (χ0n) is 6.83. The van der Waals surface area contributed by atoms with Crippen LogP contribution in [0, 0.1) is 0 Å². The molecule has 0 spiro atoms. The van der Waals surface area contributed by atoms with Crippen LogP contribution < -0.4 is 0 Å². The minimum absolute atomic E-state index is 0. The summed E-state index contributed by atoms with van der Waals surface area (Å²) < 4.78 is 0. The fraction of sp³-hybridized carbons (Fsp3) is 0. The second-order valence-electron chi connectivity index (χ2n) is 1.15. The Bertz CT molecular complexity index is 115. The van der Waals surface area contributed by atoms with E-state index in [0.717, 1.165) is 0 Å². The summed E-state index contributed by atoms with van der Waals surface area (Å²) in [7, 11) is 0. The summed E-state index contributed by atoms with van der Waals surface area (Å²) in [5.41, 5.74) is 0. The van der Waals surface area contributed by atoms with Crippen LogP contribution in [0.1, 0.15) is 0 Å². The number of hydrogen-bond acceptors (Lipinski definition) is 3. The minimum atomic E-state index is 0. The van der Waals surface area contributed by atoms with Crippen LogP contribution in [-0.2, 0) is 35.4 Å². The SMILES string of the molecule is [CH-]=O.[CH-]=O.[CH-]=O.[Mo+3].c1ccccc1. The largest absolute Gasteiger partial charge is 3.00 e. The summed E-state index contributed by atoms with van der Waals surface area (Å²) in [6.07, 6.45) is 0. The molecule has 13 heavy (non-hydrogen) atoms. The molecule has 0 aromatic heterocycles. The molecule has 0 unspecified atom stereocenters. The first-order chi connectivity index (χ1) is 6.00. The van der Waals surface area contributed by atoms with Crippen LogP contribution >= 0.6 is 0 Å². The summed E-state index contributed by atoms with van der Waals surface area (Å²) >= 11 is 0. The molecule has 0 N–H and O–H groups in total. The molecule has 0 atom stereocenters. The van der Waals surface area contributed by atoms with Crippen molar-refractivity contribution in [2.24, 2.45) is 0 Å². The van der Waals surface area contributed by atoms with Gasteiger partial charge in [0.05, 0.1) is 0 Å². The predicted molar refractivity (Wildman–Crippen MR) is 46.7 cm³/mol. The Hall–Kier alpha value is -1.08. The van der Waals surface area contributed by atoms with Crippen LogP contribution in [0.5, 0.6) is 0 Å². The predicted octanol–water partition coefficient (Wildman–Crippen LogP) is 0.862. The number of rotatable bonds is 0. The summed E-state index contributed by atoms with van der Waals surface area (Å²) in [4.78, 5) is 23.2. The summed E-state index contributed by atoms with van der Waals surface area (Å²) in [6.45, 7) is 9.75. The average Bonchev–Trinajstić information content (AvgIpc) is 2.29. The monoisotopic (exact) mass is 263 g/mol. The van der Waals surface area contributed by atoms with E-state index in [0.29, 0.717) is 0 Å². The van der Waals surface area contributed by atoms with Gasteiger partial charge in [-0.15, -0.1) is 0 Å². The molecule has 0 aliphatic heterocycles. The van der Waals surface area contributed by atoms with Crippen molar-refractivity contribution in [3.8, 4) is 0 Å². The molecular weight excluding hydrogens is 252 g/mol. The molecule has 1 rings (SSSR count). The van der Waals surface area contributed by atoms with Gasteiger partial charge in [-0.1, -0.05) is 36.4 Å². The maximum Gasteiger partial charge on any atom is 3.00 e. The topological polar surface area (TPSA) is 51.2 Å². The third kappa shape index (κ3) is 35.9. The van der Waals surface area contributed by atoms with Gasteiger partial charge in [0.1, 0.15) is 0 Å². The van der Waals surface area contributed by atoms with E-state index in [9.17, 15) is 0 Å². The Labute approximate surface area is 92.4 Å². The van der Waals surface area contributed by atoms with Gasteiger partial charge < -0.3 is 14.4 Å². The first kappa shape index (κ1) is 22.7. The van der Waals surface area contributed by atoms with E-state index in [4.69, 9.17) is 14.4 Å². The fourth-order valence-corrected chi connectivity index (χ4v) is 0.385. The first-order valence-corrected chi connectivity index (χ1v) is 2.71. The maximum atomic E-state index is 7.75. The van der Waals surface area contributed by atoms with Crippen LogP contribution in [0.2, 0.25) is 0 Å². The van der Waals surface area contributed by atoms with Crippen molar-refractivity contribution in [1.82, 2.24) is 0 Å². The Balaban J connectivity index is -0.0000000508. The van der Waals surface area contributed by atoms with Gasteiger partial charge in [0, 0.05) is 0 Å². The van der Waals surface area contributed by atoms with Crippen LogP contribution in [0.3, 0.4) is 0 Å². The third-order valence-electron chi connectivity index (χ3n) is 0.667. The van der Waals surface area contributed by atoms with E-state index in [1.807, 2.05) is 36.4 Å². The molecule has 0 heterocycles. The third-order valence-corrected chi connectivity index (χ3v) is 0.667. The molecule has 0 fully saturated rings. The molecule has 0 aliphatic rings. The van der Waals surface area contributed by atoms with Gasteiger partial charge in [-0.3, -0.25) is 20.4 Å². The van der Waals surface area contributed by atoms with Crippen LogP contribution in [-0.4, -0.2) is 20.4 Å². The van der Waals surface area contributed by atoms with Crippen molar-refractivity contribution < 1.29 is 35.4 Å². The molecule has 0 bridgehead atoms. The van der Waals surface area contributed by atoms with Crippen LogP contribution in [0.15, 0.2) is 36.4 Å². The number of benzene rings is 1. The minimum Gasteiger partial charge on any atom is -0.545 e. The molecule has 1 aromatic carbocycles. The van der Waals surface area contributed by atoms with E-state index in [-0.39, 0.29) is 21.1 Å². The smallest absolute Gasteiger partial charge is 0.545 e. The summed E-state index contributed by atoms with van der Waals surface area (Å²) in [6, 6.07) is 12.0. The van der Waals surface area contributed by atoms with E-state index >= 15 is 0 Å². The maximum absolute atomic E-state index is 7.75. The average molecular weight is 261 g/mol. The molecule has 0 amide bonds. The van der Waals surface area contributed by atoms with Gasteiger partial charge in [-0.05, 0) is 0 Å². The van der Waals surface area contributed by atoms with Crippen LogP contribution in [0.25, 0.3) is 0 Å². The first-order valence-electron chi connectivity index (χ1n) is 2.71. The Morgan fingerprint density at radius 1 is 0.462 bits per heavy atom. The van der Waals surface area contributed by atoms with Crippen molar-refractivity contribution in [2.45, 2.75) is 0 Å². The van der Waals surface area contributed by atoms with E-state index < -0.39 is 0 Å². The number of carbonyl (C=O) groups excluding carboxylic acids is 3. The van der Waals surface area contributed by atoms with Gasteiger partial charge in [0.2, 0.25) is 0 Å². The van der Waals surface area contributed by atoms with Crippen molar-refractivity contribution in [3.05, 3.63) is 36.4 Å². The molecule has 1 radical (unpaired) electrons. The van der Waals surface area contributed by atoms with Crippen molar-refractivity contribution in [2.75, 3.05) is 0 Å². The summed E-state index contributed by atoms with van der Waals surface area (Å²) in [5.74, 6) is 0. The van der Waals surface area contributed by atoms with Crippen molar-refractivity contribution >= 4 is 20.4 Å². The molecule has 1 aromatic rings. The zero-order valence-corrected chi connectivity index (χ0v) is 8.84. The van der Waals surface area contributed by atoms with E-state index in [2.05, 4.69) is 20.4 Å². The summed E-state index contributed by atoms with van der Waals surface area (Å²) in [5, 5.41) is 0. The Morgan fingerprint density at radius 2 is 0.538 bits per heavy atom. The molecule has 0 aliphatic carbocycles. The standard InChI is InChI=1S/C6H6.3CHO.Mo/c1-2-4-6-5-3-1;3*1-2;/h1-6H;3*1H;/q;3*-1;+3. The molecular formula is C9H9MoO3. The van der Waals surface area contributed by atoms with E-state index in [1.165, 1.54) is 0 Å². The Morgan fingerprint density at radius 3 is 0.615 bits per heavy atom. The fourth-order valence-electron chi connectivity index (χ4n) is 0.385. The van der Waals surface area contributed by atoms with Crippen molar-refractivity contribution in [1.29, 1.82) is 0 Å².